The topological polar surface area (TPSA) is 67.9 Å². The molecule has 1 heterocycles. The Balaban J connectivity index is 1.75. The quantitative estimate of drug-likeness (QED) is 0.713. The molecule has 0 amide bonds. The van der Waals surface area contributed by atoms with Gasteiger partial charge in [-0.15, -0.1) is 0 Å². The highest BCUT2D eigenvalue weighted by atomic mass is 32.2. The second-order valence-corrected chi connectivity index (χ2v) is 9.31. The van der Waals surface area contributed by atoms with Crippen molar-refractivity contribution in [3.63, 3.8) is 0 Å². The SMILES string of the molecule is COc1ccc(S(=O)(=O)NCc2ccccc2CN2CCOCC2)cc1C(C)C. The van der Waals surface area contributed by atoms with Crippen molar-refractivity contribution in [1.29, 1.82) is 0 Å². The van der Waals surface area contributed by atoms with Crippen molar-refractivity contribution >= 4 is 10.0 Å². The molecule has 0 radical (unpaired) electrons. The molecule has 0 unspecified atom stereocenters. The summed E-state index contributed by atoms with van der Waals surface area (Å²) < 4.78 is 39.3. The fraction of sp³-hybridized carbons (Fsp3) is 0.455. The minimum Gasteiger partial charge on any atom is -0.496 e. The van der Waals surface area contributed by atoms with E-state index in [1.54, 1.807) is 25.3 Å². The van der Waals surface area contributed by atoms with E-state index >= 15 is 0 Å². The molecule has 0 saturated carbocycles. The largest absolute Gasteiger partial charge is 0.496 e. The predicted molar refractivity (Wildman–Crippen MR) is 114 cm³/mol. The van der Waals surface area contributed by atoms with Gasteiger partial charge in [0.2, 0.25) is 10.0 Å². The van der Waals surface area contributed by atoms with Crippen LogP contribution in [-0.4, -0.2) is 46.7 Å². The van der Waals surface area contributed by atoms with E-state index in [4.69, 9.17) is 9.47 Å². The third-order valence-electron chi connectivity index (χ3n) is 5.20. The first-order valence-electron chi connectivity index (χ1n) is 9.95. The van der Waals surface area contributed by atoms with Gasteiger partial charge in [0.15, 0.2) is 0 Å². The van der Waals surface area contributed by atoms with E-state index in [0.717, 1.165) is 49.5 Å². The van der Waals surface area contributed by atoms with E-state index in [2.05, 4.69) is 15.7 Å². The van der Waals surface area contributed by atoms with Gasteiger partial charge >= 0.3 is 0 Å². The van der Waals surface area contributed by atoms with Crippen LogP contribution >= 0.6 is 0 Å². The van der Waals surface area contributed by atoms with Crippen molar-refractivity contribution in [3.05, 3.63) is 59.2 Å². The molecule has 0 atom stereocenters. The molecule has 1 N–H and O–H groups in total. The normalized spacial score (nSPS) is 15.6. The fourth-order valence-corrected chi connectivity index (χ4v) is 4.51. The van der Waals surface area contributed by atoms with Crippen LogP contribution in [0.25, 0.3) is 0 Å². The maximum Gasteiger partial charge on any atom is 0.240 e. The van der Waals surface area contributed by atoms with Gasteiger partial charge < -0.3 is 9.47 Å². The Hall–Kier alpha value is -1.93. The number of sulfonamides is 1. The average molecular weight is 419 g/mol. The van der Waals surface area contributed by atoms with Gasteiger partial charge in [0.25, 0.3) is 0 Å². The van der Waals surface area contributed by atoms with Gasteiger partial charge in [-0.25, -0.2) is 13.1 Å². The maximum absolute atomic E-state index is 12.9. The zero-order valence-corrected chi connectivity index (χ0v) is 18.2. The molecule has 0 spiro atoms. The molecule has 29 heavy (non-hydrogen) atoms. The van der Waals surface area contributed by atoms with Gasteiger partial charge in [0.1, 0.15) is 5.75 Å². The molecule has 1 fully saturated rings. The van der Waals surface area contributed by atoms with Gasteiger partial charge in [-0.1, -0.05) is 38.1 Å². The third-order valence-corrected chi connectivity index (χ3v) is 6.60. The molecule has 0 bridgehead atoms. The third kappa shape index (κ3) is 5.57. The zero-order chi connectivity index (χ0) is 20.9. The molecule has 2 aromatic rings. The van der Waals surface area contributed by atoms with Gasteiger partial charge in [0.05, 0.1) is 25.2 Å². The fourth-order valence-electron chi connectivity index (χ4n) is 3.47. The monoisotopic (exact) mass is 418 g/mol. The number of hydrogen-bond donors (Lipinski definition) is 1. The van der Waals surface area contributed by atoms with Crippen LogP contribution in [0, 0.1) is 0 Å². The van der Waals surface area contributed by atoms with Crippen LogP contribution < -0.4 is 9.46 Å². The second kappa shape index (κ2) is 9.71. The molecule has 158 valence electrons. The lowest BCUT2D eigenvalue weighted by Crippen LogP contribution is -2.36. The zero-order valence-electron chi connectivity index (χ0n) is 17.3. The molecule has 2 aromatic carbocycles. The number of benzene rings is 2. The number of rotatable bonds is 8. The van der Waals surface area contributed by atoms with Crippen LogP contribution in [0.15, 0.2) is 47.4 Å². The number of methoxy groups -OCH3 is 1. The highest BCUT2D eigenvalue weighted by Gasteiger charge is 2.19. The molecule has 1 aliphatic rings. The van der Waals surface area contributed by atoms with Crippen molar-refractivity contribution in [3.8, 4) is 5.75 Å². The number of nitrogens with one attached hydrogen (secondary N) is 1. The molecule has 7 heteroatoms. The first kappa shape index (κ1) is 21.8. The Morgan fingerprint density at radius 1 is 1.10 bits per heavy atom. The van der Waals surface area contributed by atoms with Crippen molar-refractivity contribution in [2.75, 3.05) is 33.4 Å². The Bertz CT molecular complexity index is 922. The summed E-state index contributed by atoms with van der Waals surface area (Å²) in [7, 11) is -2.03. The summed E-state index contributed by atoms with van der Waals surface area (Å²) in [4.78, 5) is 2.59. The Kier molecular flexibility index (Phi) is 7.29. The van der Waals surface area contributed by atoms with Crippen LogP contribution in [0.4, 0.5) is 0 Å². The molecule has 3 rings (SSSR count). The first-order chi connectivity index (χ1) is 13.9. The molecule has 1 saturated heterocycles. The van der Waals surface area contributed by atoms with E-state index in [-0.39, 0.29) is 17.4 Å². The Labute approximate surface area is 173 Å². The summed E-state index contributed by atoms with van der Waals surface area (Å²) in [6.07, 6.45) is 0. The number of morpholine rings is 1. The summed E-state index contributed by atoms with van der Waals surface area (Å²) in [5.74, 6) is 0.865. The Morgan fingerprint density at radius 2 is 1.79 bits per heavy atom. The summed E-state index contributed by atoms with van der Waals surface area (Å²) >= 11 is 0. The first-order valence-corrected chi connectivity index (χ1v) is 11.4. The van der Waals surface area contributed by atoms with Crippen LogP contribution in [0.2, 0.25) is 0 Å². The molecule has 0 aliphatic carbocycles. The Morgan fingerprint density at radius 3 is 2.45 bits per heavy atom. The smallest absolute Gasteiger partial charge is 0.240 e. The molecular formula is C22H30N2O4S. The molecule has 1 aliphatic heterocycles. The molecule has 6 nitrogen and oxygen atoms in total. The summed E-state index contributed by atoms with van der Waals surface area (Å²) in [5.41, 5.74) is 3.00. The summed E-state index contributed by atoms with van der Waals surface area (Å²) in [5, 5.41) is 0. The number of nitrogens with zero attached hydrogens (tertiary/aromatic N) is 1. The minimum atomic E-state index is -3.63. The van der Waals surface area contributed by atoms with E-state index in [1.807, 2.05) is 32.0 Å². The van der Waals surface area contributed by atoms with Gasteiger partial charge in [-0.2, -0.15) is 0 Å². The lowest BCUT2D eigenvalue weighted by Gasteiger charge is -2.27. The molecule has 0 aromatic heterocycles. The minimum absolute atomic E-state index is 0.161. The van der Waals surface area contributed by atoms with Crippen molar-refractivity contribution < 1.29 is 17.9 Å². The van der Waals surface area contributed by atoms with E-state index in [1.165, 1.54) is 0 Å². The average Bonchev–Trinajstić information content (AvgIpc) is 2.73. The van der Waals surface area contributed by atoms with Gasteiger partial charge in [0, 0.05) is 26.2 Å². The number of ether oxygens (including phenoxy) is 2. The van der Waals surface area contributed by atoms with Crippen LogP contribution in [0.5, 0.6) is 5.75 Å². The highest BCUT2D eigenvalue weighted by molar-refractivity contribution is 7.89. The van der Waals surface area contributed by atoms with Crippen LogP contribution in [0.3, 0.4) is 0 Å². The standard InChI is InChI=1S/C22H30N2O4S/c1-17(2)21-14-20(8-9-22(21)27-3)29(25,26)23-15-18-6-4-5-7-19(18)16-24-10-12-28-13-11-24/h4-9,14,17,23H,10-13,15-16H2,1-3H3. The summed E-state index contributed by atoms with van der Waals surface area (Å²) in [6.45, 7) is 8.35. The summed E-state index contributed by atoms with van der Waals surface area (Å²) in [6, 6.07) is 13.0. The van der Waals surface area contributed by atoms with E-state index in [9.17, 15) is 8.42 Å². The maximum atomic E-state index is 12.9. The van der Waals surface area contributed by atoms with Crippen LogP contribution in [-0.2, 0) is 27.8 Å². The van der Waals surface area contributed by atoms with Crippen molar-refractivity contribution in [1.82, 2.24) is 9.62 Å². The number of hydrogen-bond acceptors (Lipinski definition) is 5. The lowest BCUT2D eigenvalue weighted by atomic mass is 10.0. The molecular weight excluding hydrogens is 388 g/mol. The van der Waals surface area contributed by atoms with Crippen LogP contribution in [0.1, 0.15) is 36.5 Å². The van der Waals surface area contributed by atoms with E-state index < -0.39 is 10.0 Å². The van der Waals surface area contributed by atoms with E-state index in [0.29, 0.717) is 5.75 Å². The predicted octanol–water partition coefficient (Wildman–Crippen LogP) is 3.13. The van der Waals surface area contributed by atoms with Gasteiger partial charge in [-0.3, -0.25) is 4.90 Å². The highest BCUT2D eigenvalue weighted by Crippen LogP contribution is 2.29. The van der Waals surface area contributed by atoms with Gasteiger partial charge in [-0.05, 0) is 40.8 Å². The second-order valence-electron chi connectivity index (χ2n) is 7.54. The van der Waals surface area contributed by atoms with Crippen molar-refractivity contribution in [2.24, 2.45) is 0 Å². The van der Waals surface area contributed by atoms with Crippen molar-refractivity contribution in [2.45, 2.75) is 37.8 Å². The lowest BCUT2D eigenvalue weighted by molar-refractivity contribution is 0.0341.